The van der Waals surface area contributed by atoms with E-state index in [0.29, 0.717) is 17.8 Å². The van der Waals surface area contributed by atoms with E-state index in [-0.39, 0.29) is 12.4 Å². The monoisotopic (exact) mass is 364 g/mol. The van der Waals surface area contributed by atoms with E-state index in [0.717, 1.165) is 10.9 Å². The number of fused-ring (bicyclic) bond motifs is 1. The minimum atomic E-state index is -1.35. The number of hydrogen-bond donors (Lipinski definition) is 1. The molecule has 0 bridgehead atoms. The number of carboxylic acids is 1. The molecule has 7 nitrogen and oxygen atoms in total. The fourth-order valence-corrected chi connectivity index (χ4v) is 2.87. The number of benzene rings is 1. The molecule has 1 amide bonds. The van der Waals surface area contributed by atoms with Crippen LogP contribution in [0.3, 0.4) is 0 Å². The second-order valence-electron chi connectivity index (χ2n) is 5.29. The Morgan fingerprint density at radius 1 is 1.36 bits per heavy atom. The Morgan fingerprint density at radius 3 is 2.76 bits per heavy atom. The van der Waals surface area contributed by atoms with Gasteiger partial charge in [0, 0.05) is 23.3 Å². The van der Waals surface area contributed by atoms with E-state index in [4.69, 9.17) is 9.15 Å². The highest BCUT2D eigenvalue weighted by Crippen LogP contribution is 2.22. The topological polar surface area (TPSA) is 109 Å². The van der Waals surface area contributed by atoms with Crippen molar-refractivity contribution in [3.05, 3.63) is 40.2 Å². The SMILES string of the molecule is CCc1cc(=O)oc2cc(OCC(=O)N[C@@H](CSC)C(=O)[O-])ccc12. The lowest BCUT2D eigenvalue weighted by atomic mass is 10.1. The van der Waals surface area contributed by atoms with Crippen LogP contribution in [-0.4, -0.2) is 36.5 Å². The van der Waals surface area contributed by atoms with Gasteiger partial charge in [-0.25, -0.2) is 4.79 Å². The summed E-state index contributed by atoms with van der Waals surface area (Å²) in [5.74, 6) is -1.38. The smallest absolute Gasteiger partial charge is 0.336 e. The Bertz CT molecular complexity index is 831. The normalized spacial score (nSPS) is 11.9. The molecule has 1 N–H and O–H groups in total. The fraction of sp³-hybridized carbons (Fsp3) is 0.353. The summed E-state index contributed by atoms with van der Waals surface area (Å²) in [4.78, 5) is 34.3. The second-order valence-corrected chi connectivity index (χ2v) is 6.20. The first-order valence-electron chi connectivity index (χ1n) is 7.63. The van der Waals surface area contributed by atoms with Gasteiger partial charge in [-0.15, -0.1) is 0 Å². The molecule has 0 saturated heterocycles. The third kappa shape index (κ3) is 4.99. The molecule has 1 aromatic heterocycles. The van der Waals surface area contributed by atoms with Crippen LogP contribution in [0.1, 0.15) is 12.5 Å². The molecule has 25 heavy (non-hydrogen) atoms. The second kappa shape index (κ2) is 8.57. The van der Waals surface area contributed by atoms with Crippen LogP contribution in [0, 0.1) is 0 Å². The third-order valence-corrected chi connectivity index (χ3v) is 4.17. The first-order chi connectivity index (χ1) is 11.9. The van der Waals surface area contributed by atoms with Gasteiger partial charge in [0.05, 0.1) is 12.0 Å². The number of nitrogens with one attached hydrogen (secondary N) is 1. The zero-order valence-electron chi connectivity index (χ0n) is 13.9. The Hall–Kier alpha value is -2.48. The molecule has 0 spiro atoms. The van der Waals surface area contributed by atoms with E-state index in [9.17, 15) is 19.5 Å². The predicted molar refractivity (Wildman–Crippen MR) is 92.7 cm³/mol. The molecular formula is C17H18NO6S-. The zero-order chi connectivity index (χ0) is 18.4. The van der Waals surface area contributed by atoms with Crippen LogP contribution in [0.2, 0.25) is 0 Å². The van der Waals surface area contributed by atoms with Gasteiger partial charge in [-0.05, 0) is 30.4 Å². The van der Waals surface area contributed by atoms with Gasteiger partial charge in [0.1, 0.15) is 11.3 Å². The van der Waals surface area contributed by atoms with Gasteiger partial charge in [-0.3, -0.25) is 4.79 Å². The van der Waals surface area contributed by atoms with Crippen molar-refractivity contribution in [2.24, 2.45) is 0 Å². The molecule has 0 fully saturated rings. The molecule has 0 unspecified atom stereocenters. The highest BCUT2D eigenvalue weighted by Gasteiger charge is 2.13. The Morgan fingerprint density at radius 2 is 2.12 bits per heavy atom. The van der Waals surface area contributed by atoms with Crippen molar-refractivity contribution < 1.29 is 23.8 Å². The van der Waals surface area contributed by atoms with Crippen molar-refractivity contribution in [3.63, 3.8) is 0 Å². The van der Waals surface area contributed by atoms with Gasteiger partial charge in [-0.1, -0.05) is 6.92 Å². The quantitative estimate of drug-likeness (QED) is 0.673. The van der Waals surface area contributed by atoms with Gasteiger partial charge in [-0.2, -0.15) is 11.8 Å². The Balaban J connectivity index is 2.07. The van der Waals surface area contributed by atoms with Crippen molar-refractivity contribution in [2.45, 2.75) is 19.4 Å². The van der Waals surface area contributed by atoms with E-state index in [1.165, 1.54) is 23.9 Å². The maximum absolute atomic E-state index is 11.8. The standard InChI is InChI=1S/C17H19NO6S/c1-3-10-6-16(20)24-14-7-11(4-5-12(10)14)23-8-15(19)18-13(9-25-2)17(21)22/h4-7,13H,3,8-9H2,1-2H3,(H,18,19)(H,21,22)/p-1/t13-/m0/s1. The molecule has 134 valence electrons. The molecule has 1 aromatic carbocycles. The summed E-state index contributed by atoms with van der Waals surface area (Å²) >= 11 is 1.28. The van der Waals surface area contributed by atoms with Crippen LogP contribution in [0.25, 0.3) is 11.0 Å². The van der Waals surface area contributed by atoms with E-state index >= 15 is 0 Å². The first kappa shape index (κ1) is 18.9. The lowest BCUT2D eigenvalue weighted by molar-refractivity contribution is -0.307. The Kier molecular flexibility index (Phi) is 6.46. The van der Waals surface area contributed by atoms with Crippen molar-refractivity contribution in [1.29, 1.82) is 0 Å². The highest BCUT2D eigenvalue weighted by molar-refractivity contribution is 7.98. The van der Waals surface area contributed by atoms with Crippen LogP contribution in [0.4, 0.5) is 0 Å². The number of carboxylic acid groups (broad SMARTS) is 1. The number of thioether (sulfide) groups is 1. The van der Waals surface area contributed by atoms with Gasteiger partial charge < -0.3 is 24.4 Å². The largest absolute Gasteiger partial charge is 0.548 e. The van der Waals surface area contributed by atoms with Crippen molar-refractivity contribution in [2.75, 3.05) is 18.6 Å². The van der Waals surface area contributed by atoms with E-state index in [1.54, 1.807) is 18.4 Å². The number of hydrogen-bond acceptors (Lipinski definition) is 7. The number of ether oxygens (including phenoxy) is 1. The summed E-state index contributed by atoms with van der Waals surface area (Å²) in [5.41, 5.74) is 0.787. The molecule has 0 radical (unpaired) electrons. The minimum Gasteiger partial charge on any atom is -0.548 e. The van der Waals surface area contributed by atoms with Crippen molar-refractivity contribution in [1.82, 2.24) is 5.32 Å². The minimum absolute atomic E-state index is 0.203. The molecular weight excluding hydrogens is 346 g/mol. The molecule has 8 heteroatoms. The number of aryl methyl sites for hydroxylation is 1. The van der Waals surface area contributed by atoms with Gasteiger partial charge in [0.15, 0.2) is 6.61 Å². The Labute approximate surface area is 148 Å². The number of aliphatic carboxylic acids is 1. The molecule has 0 saturated carbocycles. The maximum Gasteiger partial charge on any atom is 0.336 e. The average molecular weight is 364 g/mol. The summed E-state index contributed by atoms with van der Waals surface area (Å²) in [6, 6.07) is 5.31. The van der Waals surface area contributed by atoms with Crippen LogP contribution in [-0.2, 0) is 16.0 Å². The molecule has 1 heterocycles. The average Bonchev–Trinajstić information content (AvgIpc) is 2.58. The van der Waals surface area contributed by atoms with Crippen LogP contribution < -0.4 is 20.8 Å². The lowest BCUT2D eigenvalue weighted by Gasteiger charge is -2.18. The number of carbonyl (C=O) groups excluding carboxylic acids is 2. The van der Waals surface area contributed by atoms with Crippen LogP contribution >= 0.6 is 11.8 Å². The molecule has 2 aromatic rings. The summed E-state index contributed by atoms with van der Waals surface area (Å²) < 4.78 is 10.5. The van der Waals surface area contributed by atoms with E-state index < -0.39 is 23.5 Å². The van der Waals surface area contributed by atoms with Crippen LogP contribution in [0.5, 0.6) is 5.75 Å². The number of carbonyl (C=O) groups is 2. The molecule has 2 rings (SSSR count). The summed E-state index contributed by atoms with van der Waals surface area (Å²) in [6.45, 7) is 1.58. The van der Waals surface area contributed by atoms with Crippen LogP contribution in [0.15, 0.2) is 33.5 Å². The summed E-state index contributed by atoms with van der Waals surface area (Å²) in [5, 5.41) is 14.0. The summed E-state index contributed by atoms with van der Waals surface area (Å²) in [6.07, 6.45) is 2.41. The predicted octanol–water partition coefficient (Wildman–Crippen LogP) is 0.332. The van der Waals surface area contributed by atoms with Crippen molar-refractivity contribution in [3.8, 4) is 5.75 Å². The van der Waals surface area contributed by atoms with E-state index in [2.05, 4.69) is 5.32 Å². The number of rotatable bonds is 8. The fourth-order valence-electron chi connectivity index (χ4n) is 2.31. The zero-order valence-corrected chi connectivity index (χ0v) is 14.7. The first-order valence-corrected chi connectivity index (χ1v) is 9.02. The van der Waals surface area contributed by atoms with Gasteiger partial charge in [0.2, 0.25) is 0 Å². The molecule has 1 atom stereocenters. The third-order valence-electron chi connectivity index (χ3n) is 3.51. The van der Waals surface area contributed by atoms with E-state index in [1.807, 2.05) is 6.92 Å². The highest BCUT2D eigenvalue weighted by atomic mass is 32.2. The van der Waals surface area contributed by atoms with Crippen molar-refractivity contribution >= 4 is 34.6 Å². The lowest BCUT2D eigenvalue weighted by Crippen LogP contribution is -2.50. The van der Waals surface area contributed by atoms with Gasteiger partial charge in [0.25, 0.3) is 5.91 Å². The maximum atomic E-state index is 11.8. The molecule has 0 aliphatic rings. The molecule has 0 aliphatic heterocycles. The summed E-state index contributed by atoms with van der Waals surface area (Å²) in [7, 11) is 0. The van der Waals surface area contributed by atoms with Gasteiger partial charge >= 0.3 is 5.63 Å². The number of amides is 1. The molecule has 0 aliphatic carbocycles.